The lowest BCUT2D eigenvalue weighted by Gasteiger charge is -2.22. The van der Waals surface area contributed by atoms with Crippen LogP contribution in [0.2, 0.25) is 5.02 Å². The fraction of sp³-hybridized carbons (Fsp3) is 0.194. The summed E-state index contributed by atoms with van der Waals surface area (Å²) in [6.07, 6.45) is 4.17. The third-order valence-corrected chi connectivity index (χ3v) is 7.11. The second kappa shape index (κ2) is 16.1. The summed E-state index contributed by atoms with van der Waals surface area (Å²) in [7, 11) is 1.34. The van der Waals surface area contributed by atoms with Gasteiger partial charge in [-0.25, -0.2) is 4.79 Å². The summed E-state index contributed by atoms with van der Waals surface area (Å²) in [5, 5.41) is 3.79. The highest BCUT2D eigenvalue weighted by atomic mass is 35.5. The average Bonchev–Trinajstić information content (AvgIpc) is 3.05. The largest absolute Gasteiger partial charge is 0.494 e. The number of halogens is 1. The van der Waals surface area contributed by atoms with Gasteiger partial charge in [-0.05, 0) is 67.4 Å². The number of allylic oxidation sites excluding steroid dienone is 1. The first-order chi connectivity index (χ1) is 21.4. The van der Waals surface area contributed by atoms with E-state index in [4.69, 9.17) is 21.1 Å². The number of amides is 1. The van der Waals surface area contributed by atoms with Crippen molar-refractivity contribution in [2.75, 3.05) is 30.5 Å². The van der Waals surface area contributed by atoms with Gasteiger partial charge >= 0.3 is 5.97 Å². The molecular weight excluding hydrogens is 576 g/mol. The van der Waals surface area contributed by atoms with Crippen LogP contribution in [0.4, 0.5) is 11.4 Å². The Labute approximate surface area is 263 Å². The lowest BCUT2D eigenvalue weighted by atomic mass is 10.00. The van der Waals surface area contributed by atoms with Gasteiger partial charge in [0.2, 0.25) is 0 Å². The summed E-state index contributed by atoms with van der Waals surface area (Å²) in [6.45, 7) is 2.66. The molecule has 1 amide bonds. The average molecular weight is 611 g/mol. The van der Waals surface area contributed by atoms with E-state index < -0.39 is 12.0 Å². The highest BCUT2D eigenvalue weighted by Gasteiger charge is 2.23. The number of carbonyl (C=O) groups excluding carboxylic acids is 3. The highest BCUT2D eigenvalue weighted by Crippen LogP contribution is 2.23. The van der Waals surface area contributed by atoms with Crippen LogP contribution in [0.3, 0.4) is 0 Å². The van der Waals surface area contributed by atoms with Gasteiger partial charge in [0.05, 0.1) is 13.7 Å². The van der Waals surface area contributed by atoms with E-state index in [1.807, 2.05) is 60.7 Å². The molecule has 0 aromatic heterocycles. The van der Waals surface area contributed by atoms with E-state index in [9.17, 15) is 14.4 Å². The molecule has 8 heteroatoms. The molecule has 0 radical (unpaired) electrons. The molecule has 0 saturated carbocycles. The van der Waals surface area contributed by atoms with Crippen molar-refractivity contribution in [3.05, 3.63) is 137 Å². The van der Waals surface area contributed by atoms with Crippen LogP contribution in [0.1, 0.15) is 34.8 Å². The second-order valence-electron chi connectivity index (χ2n) is 9.98. The zero-order chi connectivity index (χ0) is 31.3. The van der Waals surface area contributed by atoms with Crippen LogP contribution < -0.4 is 15.0 Å². The van der Waals surface area contributed by atoms with Gasteiger partial charge in [0, 0.05) is 40.5 Å². The van der Waals surface area contributed by atoms with Crippen LogP contribution in [-0.4, -0.2) is 44.0 Å². The van der Waals surface area contributed by atoms with Gasteiger partial charge in [-0.2, -0.15) is 0 Å². The Hall–Kier alpha value is -4.88. The molecular formula is C36H35ClN2O5. The number of nitrogens with zero attached hydrogens (tertiary/aromatic N) is 1. The normalized spacial score (nSPS) is 11.5. The fourth-order valence-electron chi connectivity index (χ4n) is 4.69. The molecule has 0 heterocycles. The van der Waals surface area contributed by atoms with Gasteiger partial charge in [0.1, 0.15) is 11.8 Å². The van der Waals surface area contributed by atoms with Crippen LogP contribution >= 0.6 is 11.6 Å². The Bertz CT molecular complexity index is 1590. The summed E-state index contributed by atoms with van der Waals surface area (Å²) in [5.74, 6) is -0.0335. The predicted octanol–water partition coefficient (Wildman–Crippen LogP) is 7.15. The zero-order valence-corrected chi connectivity index (χ0v) is 25.5. The van der Waals surface area contributed by atoms with Crippen molar-refractivity contribution in [2.45, 2.75) is 25.8 Å². The van der Waals surface area contributed by atoms with Gasteiger partial charge in [0.25, 0.3) is 5.91 Å². The molecule has 4 rings (SSSR count). The molecule has 0 aliphatic rings. The molecule has 226 valence electrons. The number of benzene rings is 4. The fourth-order valence-corrected chi connectivity index (χ4v) is 4.87. The van der Waals surface area contributed by atoms with E-state index in [1.54, 1.807) is 60.4 Å². The molecule has 7 nitrogen and oxygen atoms in total. The number of ketones is 1. The van der Waals surface area contributed by atoms with Gasteiger partial charge in [-0.3, -0.25) is 9.59 Å². The van der Waals surface area contributed by atoms with Gasteiger partial charge in [-0.1, -0.05) is 78.3 Å². The SMILES string of the molecule is C/C=C/C(=O)N(CCCOc1ccc(C[C@H](Nc2ccccc2C(=O)c2ccccc2)C(=O)OC)cc1)c1cccc(Cl)c1. The zero-order valence-electron chi connectivity index (χ0n) is 24.7. The third kappa shape index (κ3) is 8.82. The number of anilines is 2. The Morgan fingerprint density at radius 1 is 0.909 bits per heavy atom. The topological polar surface area (TPSA) is 84.9 Å². The minimum absolute atomic E-state index is 0.125. The predicted molar refractivity (Wildman–Crippen MR) is 175 cm³/mol. The van der Waals surface area contributed by atoms with E-state index in [2.05, 4.69) is 5.32 Å². The summed E-state index contributed by atoms with van der Waals surface area (Å²) in [6, 6.07) is 30.1. The molecule has 4 aromatic carbocycles. The van der Waals surface area contributed by atoms with Crippen molar-refractivity contribution in [1.29, 1.82) is 0 Å². The molecule has 0 bridgehead atoms. The molecule has 0 unspecified atom stereocenters. The van der Waals surface area contributed by atoms with Crippen molar-refractivity contribution in [1.82, 2.24) is 0 Å². The maximum Gasteiger partial charge on any atom is 0.328 e. The summed E-state index contributed by atoms with van der Waals surface area (Å²) >= 11 is 6.14. The highest BCUT2D eigenvalue weighted by molar-refractivity contribution is 6.31. The molecule has 0 fully saturated rings. The maximum atomic E-state index is 13.2. The van der Waals surface area contributed by atoms with Crippen molar-refractivity contribution in [3.8, 4) is 5.75 Å². The van der Waals surface area contributed by atoms with Gasteiger partial charge in [0.15, 0.2) is 5.78 Å². The third-order valence-electron chi connectivity index (χ3n) is 6.88. The standard InChI is InChI=1S/C36H35ClN2O5/c1-3-11-34(40)39(29-15-9-14-28(37)25-29)22-10-23-44-30-20-18-26(19-21-30)24-33(36(42)43-2)38-32-17-8-7-16-31(32)35(41)27-12-5-4-6-13-27/h3-9,11-21,25,33,38H,10,22-24H2,1-2H3/b11-3+/t33-/m0/s1. The number of carbonyl (C=O) groups is 3. The number of ether oxygens (including phenoxy) is 2. The minimum atomic E-state index is -0.719. The molecule has 0 spiro atoms. The molecule has 1 atom stereocenters. The lowest BCUT2D eigenvalue weighted by Crippen LogP contribution is -2.33. The quantitative estimate of drug-likeness (QED) is 0.0707. The van der Waals surface area contributed by atoms with Crippen LogP contribution in [0.15, 0.2) is 115 Å². The molecule has 0 aliphatic carbocycles. The van der Waals surface area contributed by atoms with Gasteiger partial charge in [-0.15, -0.1) is 0 Å². The number of hydrogen-bond donors (Lipinski definition) is 1. The first-order valence-corrected chi connectivity index (χ1v) is 14.7. The molecule has 1 N–H and O–H groups in total. The van der Waals surface area contributed by atoms with Crippen LogP contribution in [0.5, 0.6) is 5.75 Å². The molecule has 0 aliphatic heterocycles. The van der Waals surface area contributed by atoms with Crippen LogP contribution in [-0.2, 0) is 20.7 Å². The Balaban J connectivity index is 1.37. The van der Waals surface area contributed by atoms with E-state index in [1.165, 1.54) is 13.2 Å². The lowest BCUT2D eigenvalue weighted by molar-refractivity contribution is -0.141. The van der Waals surface area contributed by atoms with Crippen molar-refractivity contribution in [3.63, 3.8) is 0 Å². The molecule has 0 saturated heterocycles. The van der Waals surface area contributed by atoms with E-state index in [-0.39, 0.29) is 11.7 Å². The van der Waals surface area contributed by atoms with Crippen molar-refractivity contribution in [2.24, 2.45) is 0 Å². The number of para-hydroxylation sites is 1. The first-order valence-electron chi connectivity index (χ1n) is 14.3. The first kappa shape index (κ1) is 32.0. The Kier molecular flexibility index (Phi) is 11.7. The number of nitrogens with one attached hydrogen (secondary N) is 1. The number of methoxy groups -OCH3 is 1. The molecule has 44 heavy (non-hydrogen) atoms. The van der Waals surface area contributed by atoms with Crippen LogP contribution in [0.25, 0.3) is 0 Å². The monoisotopic (exact) mass is 610 g/mol. The second-order valence-corrected chi connectivity index (χ2v) is 10.4. The smallest absolute Gasteiger partial charge is 0.328 e. The number of hydrogen-bond acceptors (Lipinski definition) is 6. The molecule has 4 aromatic rings. The summed E-state index contributed by atoms with van der Waals surface area (Å²) in [5.41, 5.74) is 3.20. The van der Waals surface area contributed by atoms with E-state index >= 15 is 0 Å². The Morgan fingerprint density at radius 3 is 2.34 bits per heavy atom. The number of esters is 1. The maximum absolute atomic E-state index is 13.2. The minimum Gasteiger partial charge on any atom is -0.494 e. The van der Waals surface area contributed by atoms with E-state index in [0.717, 1.165) is 11.3 Å². The van der Waals surface area contributed by atoms with E-state index in [0.29, 0.717) is 53.6 Å². The summed E-state index contributed by atoms with van der Waals surface area (Å²) in [4.78, 5) is 40.2. The van der Waals surface area contributed by atoms with Crippen molar-refractivity contribution >= 4 is 40.6 Å². The Morgan fingerprint density at radius 2 is 1.64 bits per heavy atom. The summed E-state index contributed by atoms with van der Waals surface area (Å²) < 4.78 is 11.0. The van der Waals surface area contributed by atoms with Crippen LogP contribution in [0, 0.1) is 0 Å². The van der Waals surface area contributed by atoms with Gasteiger partial charge < -0.3 is 19.7 Å². The van der Waals surface area contributed by atoms with Crippen molar-refractivity contribution < 1.29 is 23.9 Å². The number of rotatable bonds is 14.